The van der Waals surface area contributed by atoms with E-state index in [0.717, 1.165) is 44.9 Å². The molecule has 1 aliphatic heterocycles. The SMILES string of the molecule is COC1CCC([C@@H]2CCN(C(=O)C3CCC([C@H](N)CCF)CC3)[C@@H]2C(=O)Nc2ccc3oc(C(=O)OCCCOCC(C)C)cc3c2)CC1. The van der Waals surface area contributed by atoms with Gasteiger partial charge in [-0.05, 0) is 112 Å². The van der Waals surface area contributed by atoms with Crippen LogP contribution in [-0.4, -0.2) is 81.0 Å². The van der Waals surface area contributed by atoms with E-state index in [-0.39, 0.29) is 54.1 Å². The van der Waals surface area contributed by atoms with Crippen LogP contribution >= 0.6 is 0 Å². The molecule has 0 spiro atoms. The average Bonchev–Trinajstić information content (AvgIpc) is 3.74. The van der Waals surface area contributed by atoms with E-state index in [1.54, 1.807) is 31.4 Å². The summed E-state index contributed by atoms with van der Waals surface area (Å²) in [6.07, 6.45) is 8.88. The lowest BCUT2D eigenvalue weighted by atomic mass is 9.75. The van der Waals surface area contributed by atoms with Crippen LogP contribution in [0.5, 0.6) is 0 Å². The molecule has 3 N–H and O–H groups in total. The summed E-state index contributed by atoms with van der Waals surface area (Å²) in [5, 5.41) is 3.78. The summed E-state index contributed by atoms with van der Waals surface area (Å²) in [5.41, 5.74) is 7.30. The van der Waals surface area contributed by atoms with Gasteiger partial charge in [0.2, 0.25) is 17.6 Å². The second kappa shape index (κ2) is 17.8. The van der Waals surface area contributed by atoms with Crippen LogP contribution < -0.4 is 11.1 Å². The molecule has 3 fully saturated rings. The Kier molecular flexibility index (Phi) is 13.5. The predicted octanol–water partition coefficient (Wildman–Crippen LogP) is 6.51. The quantitative estimate of drug-likeness (QED) is 0.160. The Balaban J connectivity index is 1.25. The van der Waals surface area contributed by atoms with Gasteiger partial charge in [0.25, 0.3) is 0 Å². The number of fused-ring (bicyclic) bond motifs is 1. The van der Waals surface area contributed by atoms with Crippen LogP contribution in [-0.2, 0) is 23.8 Å². The number of hydrogen-bond acceptors (Lipinski definition) is 8. The second-order valence-electron chi connectivity index (χ2n) is 14.8. The fourth-order valence-corrected chi connectivity index (χ4v) is 8.19. The van der Waals surface area contributed by atoms with Crippen LogP contribution in [0.15, 0.2) is 28.7 Å². The Labute approximate surface area is 289 Å². The summed E-state index contributed by atoms with van der Waals surface area (Å²) >= 11 is 0. The van der Waals surface area contributed by atoms with Crippen molar-refractivity contribution in [2.24, 2.45) is 35.3 Å². The van der Waals surface area contributed by atoms with Crippen molar-refractivity contribution in [3.8, 4) is 0 Å². The van der Waals surface area contributed by atoms with Gasteiger partial charge >= 0.3 is 5.97 Å². The predicted molar refractivity (Wildman–Crippen MR) is 186 cm³/mol. The van der Waals surface area contributed by atoms with Gasteiger partial charge in [0, 0.05) is 56.3 Å². The number of methoxy groups -OCH3 is 1. The van der Waals surface area contributed by atoms with E-state index in [1.807, 2.05) is 4.90 Å². The Morgan fingerprint density at radius 2 is 1.78 bits per heavy atom. The van der Waals surface area contributed by atoms with Crippen LogP contribution in [0.1, 0.15) is 95.0 Å². The summed E-state index contributed by atoms with van der Waals surface area (Å²) < 4.78 is 35.2. The molecule has 49 heavy (non-hydrogen) atoms. The molecular weight excluding hydrogens is 629 g/mol. The van der Waals surface area contributed by atoms with Gasteiger partial charge in [0.1, 0.15) is 11.6 Å². The van der Waals surface area contributed by atoms with Gasteiger partial charge in [0.15, 0.2) is 0 Å². The first-order valence-corrected chi connectivity index (χ1v) is 18.4. The van der Waals surface area contributed by atoms with Crippen molar-refractivity contribution in [2.45, 2.75) is 103 Å². The molecule has 0 radical (unpaired) electrons. The number of carbonyl (C=O) groups excluding carboxylic acids is 3. The van der Waals surface area contributed by atoms with Crippen LogP contribution in [0, 0.1) is 29.6 Å². The van der Waals surface area contributed by atoms with E-state index < -0.39 is 18.7 Å². The molecule has 272 valence electrons. The first kappa shape index (κ1) is 37.2. The van der Waals surface area contributed by atoms with Crippen LogP contribution in [0.3, 0.4) is 0 Å². The molecule has 10 nitrogen and oxygen atoms in total. The minimum Gasteiger partial charge on any atom is -0.460 e. The molecule has 2 aromatic rings. The van der Waals surface area contributed by atoms with E-state index in [9.17, 15) is 18.8 Å². The number of nitrogens with two attached hydrogens (primary N) is 1. The number of esters is 1. The fraction of sp³-hybridized carbons (Fsp3) is 0.711. The van der Waals surface area contributed by atoms with E-state index in [0.29, 0.717) is 73.9 Å². The number of benzene rings is 1. The van der Waals surface area contributed by atoms with Gasteiger partial charge in [-0.2, -0.15) is 0 Å². The van der Waals surface area contributed by atoms with Gasteiger partial charge in [0.05, 0.1) is 19.4 Å². The highest BCUT2D eigenvalue weighted by molar-refractivity contribution is 6.00. The van der Waals surface area contributed by atoms with E-state index in [2.05, 4.69) is 19.2 Å². The van der Waals surface area contributed by atoms with E-state index >= 15 is 0 Å². The molecule has 2 aliphatic carbocycles. The van der Waals surface area contributed by atoms with Crippen LogP contribution in [0.25, 0.3) is 11.0 Å². The lowest BCUT2D eigenvalue weighted by molar-refractivity contribution is -0.142. The van der Waals surface area contributed by atoms with Crippen molar-refractivity contribution in [1.82, 2.24) is 4.90 Å². The number of anilines is 1. The van der Waals surface area contributed by atoms with Crippen LogP contribution in [0.2, 0.25) is 0 Å². The maximum Gasteiger partial charge on any atom is 0.374 e. The third-order valence-corrected chi connectivity index (χ3v) is 10.9. The highest BCUT2D eigenvalue weighted by Gasteiger charge is 2.47. The van der Waals surface area contributed by atoms with Crippen molar-refractivity contribution >= 4 is 34.4 Å². The number of halogens is 1. The molecular formula is C38H56FN3O7. The molecule has 3 atom stereocenters. The first-order valence-electron chi connectivity index (χ1n) is 18.4. The van der Waals surface area contributed by atoms with E-state index in [1.165, 1.54) is 0 Å². The highest BCUT2D eigenvalue weighted by atomic mass is 19.1. The van der Waals surface area contributed by atoms with Crippen molar-refractivity contribution in [1.29, 1.82) is 0 Å². The maximum atomic E-state index is 14.2. The molecule has 0 bridgehead atoms. The van der Waals surface area contributed by atoms with Crippen molar-refractivity contribution < 1.29 is 37.4 Å². The molecule has 1 saturated heterocycles. The maximum absolute atomic E-state index is 14.2. The Hall–Kier alpha value is -3.02. The molecule has 11 heteroatoms. The van der Waals surface area contributed by atoms with E-state index in [4.69, 9.17) is 24.4 Å². The molecule has 5 rings (SSSR count). The number of furan rings is 1. The molecule has 2 amide bonds. The van der Waals surface area contributed by atoms with Gasteiger partial charge in [-0.1, -0.05) is 13.8 Å². The Bertz CT molecular complexity index is 1380. The third-order valence-electron chi connectivity index (χ3n) is 10.9. The molecule has 2 heterocycles. The number of alkyl halides is 1. The lowest BCUT2D eigenvalue weighted by Crippen LogP contribution is -2.50. The number of rotatable bonds is 15. The Morgan fingerprint density at radius 3 is 2.47 bits per heavy atom. The number of likely N-dealkylation sites (tertiary alicyclic amines) is 1. The molecule has 2 saturated carbocycles. The van der Waals surface area contributed by atoms with Gasteiger partial charge in [-0.25, -0.2) is 4.79 Å². The topological polar surface area (TPSA) is 133 Å². The number of amides is 2. The second-order valence-corrected chi connectivity index (χ2v) is 14.8. The van der Waals surface area contributed by atoms with Gasteiger partial charge in [-0.3, -0.25) is 14.0 Å². The summed E-state index contributed by atoms with van der Waals surface area (Å²) in [6.45, 7) is 5.72. The Morgan fingerprint density at radius 1 is 1.02 bits per heavy atom. The van der Waals surface area contributed by atoms with Gasteiger partial charge in [-0.15, -0.1) is 0 Å². The number of nitrogens with one attached hydrogen (secondary N) is 1. The fourth-order valence-electron chi connectivity index (χ4n) is 8.19. The van der Waals surface area contributed by atoms with Crippen molar-refractivity contribution in [3.05, 3.63) is 30.0 Å². The highest BCUT2D eigenvalue weighted by Crippen LogP contribution is 2.42. The van der Waals surface area contributed by atoms with Gasteiger partial charge < -0.3 is 34.6 Å². The number of carbonyl (C=O) groups is 3. The third kappa shape index (κ3) is 9.61. The zero-order chi connectivity index (χ0) is 34.9. The van der Waals surface area contributed by atoms with Crippen LogP contribution in [0.4, 0.5) is 10.1 Å². The molecule has 0 unspecified atom stereocenters. The zero-order valence-corrected chi connectivity index (χ0v) is 29.5. The number of nitrogens with zero attached hydrogens (tertiary/aromatic N) is 1. The molecule has 1 aromatic carbocycles. The first-order chi connectivity index (χ1) is 23.7. The zero-order valence-electron chi connectivity index (χ0n) is 29.5. The molecule has 1 aromatic heterocycles. The largest absolute Gasteiger partial charge is 0.460 e. The summed E-state index contributed by atoms with van der Waals surface area (Å²) in [4.78, 5) is 42.7. The average molecular weight is 686 g/mol. The summed E-state index contributed by atoms with van der Waals surface area (Å²) in [6, 6.07) is 6.15. The summed E-state index contributed by atoms with van der Waals surface area (Å²) in [7, 11) is 1.75. The number of ether oxygens (including phenoxy) is 3. The van der Waals surface area contributed by atoms with Crippen molar-refractivity contribution in [3.63, 3.8) is 0 Å². The monoisotopic (exact) mass is 685 g/mol. The lowest BCUT2D eigenvalue weighted by Gasteiger charge is -2.37. The minimum absolute atomic E-state index is 0.0469. The standard InChI is InChI=1S/C38H56FN3O7/c1-24(2)23-47-19-4-20-48-38(45)34-22-28-21-29(11-14-33(28)49-34)41-36(43)35-31(25-9-12-30(46-3)13-10-25)16-18-42(35)37(44)27-7-5-26(6-8-27)32(40)15-17-39/h11,14,21-22,24-27,30-32,35H,4-10,12-13,15-20,23,40H2,1-3H3,(H,41,43)/t25?,26?,27?,30?,31-,32+,35-/m0/s1. The summed E-state index contributed by atoms with van der Waals surface area (Å²) in [5.74, 6) is 0.334. The van der Waals surface area contributed by atoms with Crippen molar-refractivity contribution in [2.75, 3.05) is 45.5 Å². The minimum atomic E-state index is -0.571. The normalized spacial score (nSPS) is 26.6. The smallest absolute Gasteiger partial charge is 0.374 e. The molecule has 3 aliphatic rings. The number of hydrogen-bond donors (Lipinski definition) is 2.